The third kappa shape index (κ3) is 1.23. The lowest BCUT2D eigenvalue weighted by Crippen LogP contribution is -2.56. The Morgan fingerprint density at radius 3 is 2.93 bits per heavy atom. The number of rotatable bonds is 1. The van der Waals surface area contributed by atoms with Crippen LogP contribution in [0.2, 0.25) is 0 Å². The van der Waals surface area contributed by atoms with Crippen molar-refractivity contribution in [1.29, 1.82) is 0 Å². The summed E-state index contributed by atoms with van der Waals surface area (Å²) in [6.07, 6.45) is 2.29. The van der Waals surface area contributed by atoms with Gasteiger partial charge in [0.1, 0.15) is 11.5 Å². The molecule has 1 spiro atoms. The average Bonchev–Trinajstić information content (AvgIpc) is 2.25. The van der Waals surface area contributed by atoms with Crippen molar-refractivity contribution in [2.45, 2.75) is 18.4 Å². The normalized spacial score (nSPS) is 27.8. The summed E-state index contributed by atoms with van der Waals surface area (Å²) in [6, 6.07) is 6.12. The molecule has 2 aliphatic rings. The minimum Gasteiger partial charge on any atom is -0.497 e. The van der Waals surface area contributed by atoms with Crippen LogP contribution in [0.5, 0.6) is 11.5 Å². The highest BCUT2D eigenvalue weighted by Gasteiger charge is 2.42. The maximum atomic E-state index is 5.68. The van der Waals surface area contributed by atoms with Crippen LogP contribution in [0.25, 0.3) is 0 Å². The fraction of sp³-hybridized carbons (Fsp3) is 0.500. The highest BCUT2D eigenvalue weighted by Crippen LogP contribution is 2.44. The van der Waals surface area contributed by atoms with Gasteiger partial charge >= 0.3 is 0 Å². The molecule has 1 atom stereocenters. The Kier molecular flexibility index (Phi) is 1.89. The molecule has 0 bridgehead atoms. The second kappa shape index (κ2) is 3.14. The van der Waals surface area contributed by atoms with Crippen molar-refractivity contribution in [1.82, 2.24) is 5.32 Å². The van der Waals surface area contributed by atoms with Gasteiger partial charge in [0.15, 0.2) is 0 Å². The van der Waals surface area contributed by atoms with Crippen molar-refractivity contribution in [3.05, 3.63) is 23.8 Å². The van der Waals surface area contributed by atoms with Crippen molar-refractivity contribution in [2.75, 3.05) is 20.3 Å². The quantitative estimate of drug-likeness (QED) is 0.756. The lowest BCUT2D eigenvalue weighted by atomic mass is 9.77. The zero-order chi connectivity index (χ0) is 10.3. The second-order valence-corrected chi connectivity index (χ2v) is 4.22. The van der Waals surface area contributed by atoms with Gasteiger partial charge < -0.3 is 14.8 Å². The molecule has 3 nitrogen and oxygen atoms in total. The van der Waals surface area contributed by atoms with Gasteiger partial charge in [-0.3, -0.25) is 0 Å². The standard InChI is InChI=1S/C12H15NO2/c1-14-9-2-3-10-11(8-9)15-7-5-12(10)4-6-13-12/h2-3,8,13H,4-7H2,1H3/t12-/m1/s1. The largest absolute Gasteiger partial charge is 0.497 e. The van der Waals surface area contributed by atoms with Gasteiger partial charge in [0.05, 0.1) is 19.3 Å². The average molecular weight is 205 g/mol. The Hall–Kier alpha value is -1.22. The minimum atomic E-state index is 0.194. The zero-order valence-electron chi connectivity index (χ0n) is 8.88. The van der Waals surface area contributed by atoms with E-state index in [1.54, 1.807) is 7.11 Å². The maximum Gasteiger partial charge on any atom is 0.128 e. The van der Waals surface area contributed by atoms with Crippen LogP contribution in [0.15, 0.2) is 18.2 Å². The molecule has 15 heavy (non-hydrogen) atoms. The molecular formula is C12H15NO2. The van der Waals surface area contributed by atoms with Gasteiger partial charge in [0, 0.05) is 18.1 Å². The summed E-state index contributed by atoms with van der Waals surface area (Å²) >= 11 is 0. The highest BCUT2D eigenvalue weighted by atomic mass is 16.5. The molecule has 1 N–H and O–H groups in total. The number of hydrogen-bond acceptors (Lipinski definition) is 3. The van der Waals surface area contributed by atoms with Crippen LogP contribution in [0.4, 0.5) is 0 Å². The maximum absolute atomic E-state index is 5.68. The summed E-state index contributed by atoms with van der Waals surface area (Å²) in [7, 11) is 1.68. The monoisotopic (exact) mass is 205 g/mol. The van der Waals surface area contributed by atoms with E-state index in [0.29, 0.717) is 0 Å². The summed E-state index contributed by atoms with van der Waals surface area (Å²) < 4.78 is 10.9. The molecule has 0 unspecified atom stereocenters. The van der Waals surface area contributed by atoms with Gasteiger partial charge in [-0.2, -0.15) is 0 Å². The first kappa shape index (κ1) is 9.04. The number of benzene rings is 1. The van der Waals surface area contributed by atoms with E-state index in [9.17, 15) is 0 Å². The topological polar surface area (TPSA) is 30.5 Å². The van der Waals surface area contributed by atoms with E-state index in [1.165, 1.54) is 12.0 Å². The van der Waals surface area contributed by atoms with E-state index in [4.69, 9.17) is 9.47 Å². The first-order valence-electron chi connectivity index (χ1n) is 5.40. The molecule has 3 heteroatoms. The van der Waals surface area contributed by atoms with Crippen molar-refractivity contribution in [3.63, 3.8) is 0 Å². The molecule has 1 saturated heterocycles. The molecule has 0 aromatic heterocycles. The Morgan fingerprint density at radius 1 is 1.40 bits per heavy atom. The number of nitrogens with one attached hydrogen (secondary N) is 1. The van der Waals surface area contributed by atoms with Crippen molar-refractivity contribution < 1.29 is 9.47 Å². The second-order valence-electron chi connectivity index (χ2n) is 4.22. The molecule has 1 aromatic carbocycles. The summed E-state index contributed by atoms with van der Waals surface area (Å²) in [5.74, 6) is 1.85. The number of fused-ring (bicyclic) bond motifs is 2. The number of hydrogen-bond donors (Lipinski definition) is 1. The SMILES string of the molecule is COc1ccc2c(c1)OCC[C@]21CCN1. The van der Waals surface area contributed by atoms with Crippen molar-refractivity contribution in [3.8, 4) is 11.5 Å². The van der Waals surface area contributed by atoms with E-state index < -0.39 is 0 Å². The van der Waals surface area contributed by atoms with Gasteiger partial charge in [0.25, 0.3) is 0 Å². The molecule has 1 aromatic rings. The van der Waals surface area contributed by atoms with Crippen LogP contribution in [-0.4, -0.2) is 20.3 Å². The third-order valence-electron chi connectivity index (χ3n) is 3.51. The van der Waals surface area contributed by atoms with Crippen LogP contribution in [0.3, 0.4) is 0 Å². The van der Waals surface area contributed by atoms with Crippen LogP contribution in [0.1, 0.15) is 18.4 Å². The summed E-state index contributed by atoms with van der Waals surface area (Å²) in [5.41, 5.74) is 1.49. The number of methoxy groups -OCH3 is 1. The molecule has 2 aliphatic heterocycles. The predicted molar refractivity (Wildman–Crippen MR) is 57.4 cm³/mol. The molecule has 0 aliphatic carbocycles. The summed E-state index contributed by atoms with van der Waals surface area (Å²) in [6.45, 7) is 1.92. The fourth-order valence-electron chi connectivity index (χ4n) is 2.48. The van der Waals surface area contributed by atoms with Crippen LogP contribution in [-0.2, 0) is 5.54 Å². The lowest BCUT2D eigenvalue weighted by Gasteiger charge is -2.46. The first-order valence-corrected chi connectivity index (χ1v) is 5.40. The Morgan fingerprint density at radius 2 is 2.27 bits per heavy atom. The van der Waals surface area contributed by atoms with Crippen LogP contribution in [0, 0.1) is 0 Å². The third-order valence-corrected chi connectivity index (χ3v) is 3.51. The predicted octanol–water partition coefficient (Wildman–Crippen LogP) is 1.67. The first-order chi connectivity index (χ1) is 7.34. The molecule has 1 fully saturated rings. The van der Waals surface area contributed by atoms with E-state index in [0.717, 1.165) is 31.1 Å². The van der Waals surface area contributed by atoms with Crippen LogP contribution < -0.4 is 14.8 Å². The van der Waals surface area contributed by atoms with E-state index in [1.807, 2.05) is 12.1 Å². The molecule has 3 rings (SSSR count). The Balaban J connectivity index is 2.05. The minimum absolute atomic E-state index is 0.194. The summed E-state index contributed by atoms with van der Waals surface area (Å²) in [5, 5.41) is 3.53. The molecule has 2 heterocycles. The molecule has 0 radical (unpaired) electrons. The van der Waals surface area contributed by atoms with Gasteiger partial charge in [-0.25, -0.2) is 0 Å². The van der Waals surface area contributed by atoms with Gasteiger partial charge in [-0.05, 0) is 25.1 Å². The van der Waals surface area contributed by atoms with Gasteiger partial charge in [0.2, 0.25) is 0 Å². The van der Waals surface area contributed by atoms with Crippen molar-refractivity contribution in [2.24, 2.45) is 0 Å². The van der Waals surface area contributed by atoms with Gasteiger partial charge in [-0.1, -0.05) is 0 Å². The molecular weight excluding hydrogens is 190 g/mol. The van der Waals surface area contributed by atoms with E-state index in [-0.39, 0.29) is 5.54 Å². The number of ether oxygens (including phenoxy) is 2. The zero-order valence-corrected chi connectivity index (χ0v) is 8.88. The smallest absolute Gasteiger partial charge is 0.128 e. The molecule has 0 amide bonds. The van der Waals surface area contributed by atoms with E-state index >= 15 is 0 Å². The highest BCUT2D eigenvalue weighted by molar-refractivity contribution is 5.47. The summed E-state index contributed by atoms with van der Waals surface area (Å²) in [4.78, 5) is 0. The molecule has 0 saturated carbocycles. The lowest BCUT2D eigenvalue weighted by molar-refractivity contribution is 0.122. The Bertz CT molecular complexity index is 385. The Labute approximate surface area is 89.4 Å². The van der Waals surface area contributed by atoms with Gasteiger partial charge in [-0.15, -0.1) is 0 Å². The van der Waals surface area contributed by atoms with E-state index in [2.05, 4.69) is 11.4 Å². The molecule has 80 valence electrons. The van der Waals surface area contributed by atoms with Crippen LogP contribution >= 0.6 is 0 Å². The fourth-order valence-corrected chi connectivity index (χ4v) is 2.48. The van der Waals surface area contributed by atoms with Crippen molar-refractivity contribution >= 4 is 0 Å².